The summed E-state index contributed by atoms with van der Waals surface area (Å²) in [4.78, 5) is 24.5. The molecule has 0 aliphatic rings. The van der Waals surface area contributed by atoms with Crippen molar-refractivity contribution in [3.8, 4) is 0 Å². The van der Waals surface area contributed by atoms with Crippen LogP contribution < -0.4 is 16.4 Å². The molecule has 2 atom stereocenters. The van der Waals surface area contributed by atoms with Gasteiger partial charge in [-0.15, -0.1) is 0 Å². The predicted molar refractivity (Wildman–Crippen MR) is 107 cm³/mol. The summed E-state index contributed by atoms with van der Waals surface area (Å²) in [5, 5.41) is 41.1. The molecular formula is C14H19I2N3O6. The maximum absolute atomic E-state index is 12.3. The quantitative estimate of drug-likeness (QED) is 0.148. The second-order valence-corrected chi connectivity index (χ2v) is 7.26. The monoisotopic (exact) mass is 579 g/mol. The van der Waals surface area contributed by atoms with E-state index in [0.717, 1.165) is 0 Å². The summed E-state index contributed by atoms with van der Waals surface area (Å²) in [6, 6.07) is 1.36. The minimum Gasteiger partial charge on any atom is -0.397 e. The number of anilines is 1. The summed E-state index contributed by atoms with van der Waals surface area (Å²) in [5.74, 6) is -1.10. The van der Waals surface area contributed by atoms with Crippen molar-refractivity contribution in [2.75, 3.05) is 32.0 Å². The Labute approximate surface area is 171 Å². The van der Waals surface area contributed by atoms with Crippen LogP contribution in [0.3, 0.4) is 0 Å². The van der Waals surface area contributed by atoms with E-state index >= 15 is 0 Å². The molecule has 2 amide bonds. The highest BCUT2D eigenvalue weighted by atomic mass is 127. The van der Waals surface area contributed by atoms with Gasteiger partial charge in [0, 0.05) is 20.2 Å². The van der Waals surface area contributed by atoms with Gasteiger partial charge in [-0.3, -0.25) is 9.59 Å². The normalized spacial score (nSPS) is 13.2. The third-order valence-electron chi connectivity index (χ3n) is 3.14. The second kappa shape index (κ2) is 10.4. The van der Waals surface area contributed by atoms with Crippen molar-refractivity contribution in [3.05, 3.63) is 24.3 Å². The van der Waals surface area contributed by atoms with E-state index in [4.69, 9.17) is 15.9 Å². The number of hydrogen-bond acceptors (Lipinski definition) is 7. The van der Waals surface area contributed by atoms with Gasteiger partial charge in [-0.2, -0.15) is 0 Å². The van der Waals surface area contributed by atoms with Gasteiger partial charge in [-0.25, -0.2) is 0 Å². The van der Waals surface area contributed by atoms with Gasteiger partial charge in [0.15, 0.2) is 0 Å². The molecule has 25 heavy (non-hydrogen) atoms. The van der Waals surface area contributed by atoms with Crippen LogP contribution in [0.2, 0.25) is 0 Å². The van der Waals surface area contributed by atoms with Gasteiger partial charge in [-0.05, 0) is 51.2 Å². The lowest BCUT2D eigenvalue weighted by Gasteiger charge is -2.15. The van der Waals surface area contributed by atoms with Crippen LogP contribution >= 0.6 is 45.2 Å². The summed E-state index contributed by atoms with van der Waals surface area (Å²) >= 11 is 3.77. The Morgan fingerprint density at radius 2 is 1.32 bits per heavy atom. The number of nitrogen functional groups attached to an aromatic ring is 1. The summed E-state index contributed by atoms with van der Waals surface area (Å²) in [7, 11) is 0. The first-order valence-corrected chi connectivity index (χ1v) is 9.30. The zero-order valence-corrected chi connectivity index (χ0v) is 17.3. The van der Waals surface area contributed by atoms with E-state index in [-0.39, 0.29) is 29.9 Å². The third-order valence-corrected chi connectivity index (χ3v) is 5.47. The largest absolute Gasteiger partial charge is 0.397 e. The average molecular weight is 579 g/mol. The molecule has 1 rings (SSSR count). The molecule has 0 saturated heterocycles. The van der Waals surface area contributed by atoms with Gasteiger partial charge in [0.05, 0.1) is 42.2 Å². The Balaban J connectivity index is 3.06. The fourth-order valence-electron chi connectivity index (χ4n) is 1.73. The molecule has 0 fully saturated rings. The highest BCUT2D eigenvalue weighted by Crippen LogP contribution is 2.29. The molecule has 0 aromatic heterocycles. The molecule has 11 heteroatoms. The van der Waals surface area contributed by atoms with Gasteiger partial charge < -0.3 is 36.8 Å². The molecule has 0 spiro atoms. The molecule has 1 aromatic rings. The number of benzene rings is 1. The first kappa shape index (κ1) is 22.3. The zero-order chi connectivity index (χ0) is 19.1. The minimum absolute atomic E-state index is 0.150. The van der Waals surface area contributed by atoms with Crippen molar-refractivity contribution in [1.82, 2.24) is 10.6 Å². The Bertz CT molecular complexity index is 593. The summed E-state index contributed by atoms with van der Waals surface area (Å²) in [6.07, 6.45) is -2.18. The smallest absolute Gasteiger partial charge is 0.252 e. The van der Waals surface area contributed by atoms with Crippen molar-refractivity contribution in [1.29, 1.82) is 0 Å². The number of aliphatic hydroxyl groups is 4. The Morgan fingerprint density at radius 1 is 0.960 bits per heavy atom. The number of hydrogen-bond donors (Lipinski definition) is 7. The number of halogens is 2. The number of nitrogens with two attached hydrogens (primary N) is 1. The van der Waals surface area contributed by atoms with Gasteiger partial charge in [0.25, 0.3) is 11.8 Å². The first-order valence-electron chi connectivity index (χ1n) is 7.14. The van der Waals surface area contributed by atoms with E-state index in [1.807, 2.05) is 45.2 Å². The van der Waals surface area contributed by atoms with Gasteiger partial charge in [0.1, 0.15) is 0 Å². The van der Waals surface area contributed by atoms with Crippen LogP contribution in [0.4, 0.5) is 5.69 Å². The zero-order valence-electron chi connectivity index (χ0n) is 13.0. The van der Waals surface area contributed by atoms with E-state index in [0.29, 0.717) is 7.14 Å². The minimum atomic E-state index is -1.09. The number of aliphatic hydroxyl groups excluding tert-OH is 4. The van der Waals surface area contributed by atoms with Crippen LogP contribution in [0.25, 0.3) is 0 Å². The number of carbonyl (C=O) groups excluding carboxylic acids is 2. The van der Waals surface area contributed by atoms with E-state index in [2.05, 4.69) is 10.6 Å². The molecule has 1 aromatic carbocycles. The first-order chi connectivity index (χ1) is 11.7. The topological polar surface area (TPSA) is 165 Å². The van der Waals surface area contributed by atoms with Crippen LogP contribution in [-0.2, 0) is 0 Å². The number of rotatable bonds is 8. The van der Waals surface area contributed by atoms with Crippen molar-refractivity contribution in [3.63, 3.8) is 0 Å². The SMILES string of the molecule is Nc1c(I)c(C(=O)NCC(O)CO)cc(C(=O)NCC(O)CO)c1I. The molecule has 2 unspecified atom stereocenters. The Hall–Kier alpha value is -0.740. The van der Waals surface area contributed by atoms with Crippen LogP contribution in [0, 0.1) is 7.14 Å². The summed E-state index contributed by atoms with van der Waals surface area (Å²) < 4.78 is 0.898. The maximum atomic E-state index is 12.3. The molecule has 0 bridgehead atoms. The van der Waals surface area contributed by atoms with Gasteiger partial charge in [0.2, 0.25) is 0 Å². The number of carbonyl (C=O) groups is 2. The van der Waals surface area contributed by atoms with E-state index in [9.17, 15) is 19.8 Å². The fourth-order valence-corrected chi connectivity index (χ4v) is 3.59. The van der Waals surface area contributed by atoms with Crippen LogP contribution in [-0.4, -0.2) is 70.8 Å². The molecule has 0 radical (unpaired) electrons. The number of nitrogens with one attached hydrogen (secondary N) is 2. The molecule has 8 N–H and O–H groups in total. The van der Waals surface area contributed by atoms with E-state index in [1.165, 1.54) is 6.07 Å². The lowest BCUT2D eigenvalue weighted by Crippen LogP contribution is -2.36. The van der Waals surface area contributed by atoms with Crippen LogP contribution in [0.15, 0.2) is 6.07 Å². The lowest BCUT2D eigenvalue weighted by atomic mass is 10.1. The lowest BCUT2D eigenvalue weighted by molar-refractivity contribution is 0.0799. The molecule has 0 saturated carbocycles. The number of amides is 2. The molecule has 9 nitrogen and oxygen atoms in total. The fraction of sp³-hybridized carbons (Fsp3) is 0.429. The molecule has 140 valence electrons. The summed E-state index contributed by atoms with van der Waals surface area (Å²) in [6.45, 7) is -1.29. The van der Waals surface area contributed by atoms with Gasteiger partial charge >= 0.3 is 0 Å². The molecule has 0 aliphatic heterocycles. The standard InChI is InChI=1S/C14H19I2N3O6/c15-10-8(13(24)18-2-6(22)4-20)1-9(11(16)12(10)17)14(25)19-3-7(23)5-21/h1,6-7,20-23H,2-5,17H2,(H,18,24)(H,19,25). The second-order valence-electron chi connectivity index (χ2n) is 5.11. The Morgan fingerprint density at radius 3 is 1.64 bits per heavy atom. The molecular weight excluding hydrogens is 560 g/mol. The highest BCUT2D eigenvalue weighted by molar-refractivity contribution is 14.1. The maximum Gasteiger partial charge on any atom is 0.252 e. The van der Waals surface area contributed by atoms with Crippen molar-refractivity contribution < 1.29 is 30.0 Å². The third kappa shape index (κ3) is 6.18. The molecule has 0 aliphatic carbocycles. The van der Waals surface area contributed by atoms with Crippen molar-refractivity contribution in [2.45, 2.75) is 12.2 Å². The van der Waals surface area contributed by atoms with Gasteiger partial charge in [-0.1, -0.05) is 0 Å². The van der Waals surface area contributed by atoms with Crippen molar-refractivity contribution in [2.24, 2.45) is 0 Å². The van der Waals surface area contributed by atoms with Crippen molar-refractivity contribution >= 4 is 62.7 Å². The predicted octanol–water partition coefficient (Wildman–Crippen LogP) is -1.36. The van der Waals surface area contributed by atoms with Crippen LogP contribution in [0.1, 0.15) is 20.7 Å². The van der Waals surface area contributed by atoms with Crippen LogP contribution in [0.5, 0.6) is 0 Å². The van der Waals surface area contributed by atoms with E-state index < -0.39 is 37.2 Å². The highest BCUT2D eigenvalue weighted by Gasteiger charge is 2.22. The molecule has 0 heterocycles. The average Bonchev–Trinajstić information content (AvgIpc) is 2.61. The van der Waals surface area contributed by atoms with E-state index in [1.54, 1.807) is 0 Å². The Kier molecular flexibility index (Phi) is 9.29. The summed E-state index contributed by atoms with van der Waals surface area (Å²) in [5.41, 5.74) is 6.52.